The van der Waals surface area contributed by atoms with Gasteiger partial charge in [0.25, 0.3) is 0 Å². The molecule has 0 aliphatic rings. The van der Waals surface area contributed by atoms with E-state index < -0.39 is 0 Å². The minimum absolute atomic E-state index is 0.324. The van der Waals surface area contributed by atoms with Crippen molar-refractivity contribution in [2.45, 2.75) is 20.8 Å². The Morgan fingerprint density at radius 3 is 2.44 bits per heavy atom. The number of aromatic nitrogens is 2. The van der Waals surface area contributed by atoms with Crippen molar-refractivity contribution in [3.63, 3.8) is 0 Å². The van der Waals surface area contributed by atoms with Crippen LogP contribution in [0.4, 0.5) is 23.0 Å². The lowest BCUT2D eigenvalue weighted by Crippen LogP contribution is -2.08. The van der Waals surface area contributed by atoms with E-state index in [9.17, 15) is 4.79 Å². The molecule has 0 spiro atoms. The number of nitrogens with one attached hydrogen (secondary N) is 2. The van der Waals surface area contributed by atoms with Crippen LogP contribution in [0.1, 0.15) is 28.4 Å². The zero-order valence-electron chi connectivity index (χ0n) is 15.6. The minimum Gasteiger partial charge on any atom is -0.462 e. The molecule has 3 rings (SSSR count). The van der Waals surface area contributed by atoms with Gasteiger partial charge >= 0.3 is 5.97 Å². The highest BCUT2D eigenvalue weighted by Gasteiger charge is 2.12. The van der Waals surface area contributed by atoms with E-state index in [1.165, 1.54) is 17.5 Å². The molecule has 27 heavy (non-hydrogen) atoms. The highest BCUT2D eigenvalue weighted by molar-refractivity contribution is 5.96. The summed E-state index contributed by atoms with van der Waals surface area (Å²) < 4.78 is 5.11. The number of hydrogen-bond acceptors (Lipinski definition) is 6. The molecule has 0 amide bonds. The van der Waals surface area contributed by atoms with Crippen molar-refractivity contribution < 1.29 is 9.53 Å². The zero-order chi connectivity index (χ0) is 19.2. The van der Waals surface area contributed by atoms with Crippen molar-refractivity contribution in [1.29, 1.82) is 0 Å². The van der Waals surface area contributed by atoms with Crippen LogP contribution in [0.5, 0.6) is 0 Å². The molecule has 1 aromatic heterocycles. The Balaban J connectivity index is 1.80. The first-order chi connectivity index (χ1) is 13.1. The van der Waals surface area contributed by atoms with E-state index in [-0.39, 0.29) is 5.97 Å². The number of ether oxygens (including phenoxy) is 1. The average molecular weight is 362 g/mol. The summed E-state index contributed by atoms with van der Waals surface area (Å²) in [5, 5.41) is 6.44. The molecule has 2 N–H and O–H groups in total. The van der Waals surface area contributed by atoms with Gasteiger partial charge in [-0.15, -0.1) is 0 Å². The lowest BCUT2D eigenvalue weighted by atomic mass is 10.1. The number of rotatable bonds is 6. The number of hydrogen-bond donors (Lipinski definition) is 2. The number of esters is 1. The summed E-state index contributed by atoms with van der Waals surface area (Å²) in [5.41, 5.74) is 4.49. The van der Waals surface area contributed by atoms with Crippen LogP contribution in [0.2, 0.25) is 0 Å². The Hall–Kier alpha value is -3.41. The maximum atomic E-state index is 12.1. The molecule has 138 valence electrons. The number of carbonyl (C=O) groups excluding carboxylic acids is 1. The van der Waals surface area contributed by atoms with Crippen LogP contribution in [0.3, 0.4) is 0 Å². The molecule has 0 atom stereocenters. The molecule has 0 unspecified atom stereocenters. The van der Waals surface area contributed by atoms with Gasteiger partial charge < -0.3 is 15.4 Å². The molecule has 0 aliphatic carbocycles. The van der Waals surface area contributed by atoms with Crippen molar-refractivity contribution in [3.8, 4) is 0 Å². The van der Waals surface area contributed by atoms with Gasteiger partial charge in [-0.3, -0.25) is 0 Å². The number of anilines is 4. The van der Waals surface area contributed by atoms with E-state index in [0.29, 0.717) is 29.5 Å². The van der Waals surface area contributed by atoms with E-state index in [1.807, 2.05) is 18.2 Å². The second kappa shape index (κ2) is 8.31. The van der Waals surface area contributed by atoms with Crippen molar-refractivity contribution in [3.05, 3.63) is 71.5 Å². The van der Waals surface area contributed by atoms with Crippen molar-refractivity contribution in [2.75, 3.05) is 17.2 Å². The third-order valence-corrected chi connectivity index (χ3v) is 4.13. The molecule has 6 heteroatoms. The number of nitrogens with zero attached hydrogens (tertiary/aromatic N) is 2. The van der Waals surface area contributed by atoms with E-state index in [0.717, 1.165) is 5.69 Å². The van der Waals surface area contributed by atoms with Crippen LogP contribution < -0.4 is 10.6 Å². The molecular formula is C21H22N4O2. The summed E-state index contributed by atoms with van der Waals surface area (Å²) in [4.78, 5) is 20.6. The summed E-state index contributed by atoms with van der Waals surface area (Å²) in [6.07, 6.45) is 1.47. The molecule has 0 saturated carbocycles. The van der Waals surface area contributed by atoms with Gasteiger partial charge in [0.15, 0.2) is 0 Å². The Bertz CT molecular complexity index is 956. The Labute approximate surface area is 158 Å². The maximum absolute atomic E-state index is 12.1. The van der Waals surface area contributed by atoms with Crippen LogP contribution in [0.15, 0.2) is 54.9 Å². The van der Waals surface area contributed by atoms with Crippen LogP contribution in [0, 0.1) is 13.8 Å². The summed E-state index contributed by atoms with van der Waals surface area (Å²) in [6.45, 7) is 6.25. The second-order valence-corrected chi connectivity index (χ2v) is 6.10. The van der Waals surface area contributed by atoms with Crippen LogP contribution >= 0.6 is 0 Å². The highest BCUT2D eigenvalue weighted by atomic mass is 16.5. The van der Waals surface area contributed by atoms with E-state index in [4.69, 9.17) is 4.74 Å². The number of para-hydroxylation sites is 1. The Kier molecular flexibility index (Phi) is 5.66. The molecule has 6 nitrogen and oxygen atoms in total. The lowest BCUT2D eigenvalue weighted by Gasteiger charge is -2.12. The molecule has 3 aromatic rings. The van der Waals surface area contributed by atoms with Crippen LogP contribution in [-0.4, -0.2) is 22.5 Å². The molecule has 0 saturated heterocycles. The van der Waals surface area contributed by atoms with Gasteiger partial charge in [-0.2, -0.15) is 0 Å². The quantitative estimate of drug-likeness (QED) is 0.616. The fourth-order valence-electron chi connectivity index (χ4n) is 2.58. The third-order valence-electron chi connectivity index (χ3n) is 4.13. The normalized spacial score (nSPS) is 10.3. The first-order valence-corrected chi connectivity index (χ1v) is 8.76. The Morgan fingerprint density at radius 2 is 1.70 bits per heavy atom. The fraction of sp³-hybridized carbons (Fsp3) is 0.190. The van der Waals surface area contributed by atoms with Gasteiger partial charge in [-0.05, 0) is 56.2 Å². The molecular weight excluding hydrogens is 340 g/mol. The number of carbonyl (C=O) groups is 1. The van der Waals surface area contributed by atoms with E-state index >= 15 is 0 Å². The minimum atomic E-state index is -0.372. The molecule has 2 aromatic carbocycles. The van der Waals surface area contributed by atoms with Gasteiger partial charge in [-0.25, -0.2) is 14.8 Å². The maximum Gasteiger partial charge on any atom is 0.340 e. The van der Waals surface area contributed by atoms with Gasteiger partial charge in [0.05, 0.1) is 17.9 Å². The Morgan fingerprint density at radius 1 is 0.963 bits per heavy atom. The molecule has 1 heterocycles. The fourth-order valence-corrected chi connectivity index (χ4v) is 2.58. The van der Waals surface area contributed by atoms with E-state index in [2.05, 4.69) is 46.6 Å². The summed E-state index contributed by atoms with van der Waals surface area (Å²) >= 11 is 0. The predicted octanol–water partition coefficient (Wildman–Crippen LogP) is 4.76. The largest absolute Gasteiger partial charge is 0.462 e. The number of aryl methyl sites for hydroxylation is 2. The topological polar surface area (TPSA) is 76.1 Å². The van der Waals surface area contributed by atoms with Gasteiger partial charge in [-0.1, -0.05) is 18.2 Å². The van der Waals surface area contributed by atoms with Crippen molar-refractivity contribution in [1.82, 2.24) is 9.97 Å². The monoisotopic (exact) mass is 362 g/mol. The summed E-state index contributed by atoms with van der Waals surface area (Å²) in [5.74, 6) is 0.862. The zero-order valence-corrected chi connectivity index (χ0v) is 15.6. The molecule has 0 radical (unpaired) electrons. The summed E-state index contributed by atoms with van der Waals surface area (Å²) in [6, 6.07) is 15.1. The second-order valence-electron chi connectivity index (χ2n) is 6.10. The molecule has 0 bridgehead atoms. The standard InChI is InChI=1S/C21H22N4O2/c1-4-27-21(26)17-7-5-6-8-18(17)25-20-12-19(22-13-23-20)24-16-10-9-14(2)15(3)11-16/h5-13H,4H2,1-3H3,(H2,22,23,24,25). The van der Waals surface area contributed by atoms with Crippen molar-refractivity contribution in [2.24, 2.45) is 0 Å². The van der Waals surface area contributed by atoms with Gasteiger partial charge in [0, 0.05) is 11.8 Å². The molecule has 0 fully saturated rings. The SMILES string of the molecule is CCOC(=O)c1ccccc1Nc1cc(Nc2ccc(C)c(C)c2)ncn1. The van der Waals surface area contributed by atoms with Gasteiger partial charge in [0.2, 0.25) is 0 Å². The number of benzene rings is 2. The summed E-state index contributed by atoms with van der Waals surface area (Å²) in [7, 11) is 0. The molecule has 0 aliphatic heterocycles. The van der Waals surface area contributed by atoms with Gasteiger partial charge in [0.1, 0.15) is 18.0 Å². The van der Waals surface area contributed by atoms with Crippen molar-refractivity contribution >= 4 is 29.0 Å². The predicted molar refractivity (Wildman–Crippen MR) is 107 cm³/mol. The van der Waals surface area contributed by atoms with Crippen LogP contribution in [0.25, 0.3) is 0 Å². The first kappa shape index (κ1) is 18.4. The first-order valence-electron chi connectivity index (χ1n) is 8.76. The smallest absolute Gasteiger partial charge is 0.340 e. The third kappa shape index (κ3) is 4.61. The lowest BCUT2D eigenvalue weighted by molar-refractivity contribution is 0.0527. The average Bonchev–Trinajstić information content (AvgIpc) is 2.66. The van der Waals surface area contributed by atoms with Crippen LogP contribution in [-0.2, 0) is 4.74 Å². The highest BCUT2D eigenvalue weighted by Crippen LogP contribution is 2.23. The van der Waals surface area contributed by atoms with E-state index in [1.54, 1.807) is 25.1 Å².